The molecule has 1 saturated carbocycles. The van der Waals surface area contributed by atoms with Gasteiger partial charge < -0.3 is 16.4 Å². The van der Waals surface area contributed by atoms with Gasteiger partial charge in [0.1, 0.15) is 0 Å². The molecular formula is C18H18F3N4O-. The molecular weight excluding hydrogens is 345 g/mol. The monoisotopic (exact) mass is 363 g/mol. The number of aromatic nitrogens is 1. The van der Waals surface area contributed by atoms with E-state index in [2.05, 4.69) is 15.6 Å². The Morgan fingerprint density at radius 1 is 1.27 bits per heavy atom. The first kappa shape index (κ1) is 18.2. The van der Waals surface area contributed by atoms with Crippen LogP contribution in [-0.2, 0) is 17.5 Å². The van der Waals surface area contributed by atoms with E-state index in [1.54, 1.807) is 25.1 Å². The second kappa shape index (κ2) is 6.60. The number of nitrogens with one attached hydrogen (secondary N) is 3. The fraction of sp³-hybridized carbons (Fsp3) is 0.333. The molecule has 0 aliphatic heterocycles. The summed E-state index contributed by atoms with van der Waals surface area (Å²) in [5, 5.41) is 5.38. The number of anilines is 2. The summed E-state index contributed by atoms with van der Waals surface area (Å²) < 4.78 is 39.5. The summed E-state index contributed by atoms with van der Waals surface area (Å²) in [6, 6.07) is 7.29. The van der Waals surface area contributed by atoms with Crippen molar-refractivity contribution in [3.05, 3.63) is 59.1 Å². The van der Waals surface area contributed by atoms with Crippen molar-refractivity contribution in [2.24, 2.45) is 0 Å². The third-order valence-corrected chi connectivity index (χ3v) is 4.20. The molecule has 0 atom stereocenters. The molecule has 3 N–H and O–H groups in total. The predicted molar refractivity (Wildman–Crippen MR) is 91.8 cm³/mol. The molecule has 138 valence electrons. The standard InChI is InChI=1S/C18H18F3N4O/c1-11-2-5-15(14(8-11)18(19,20)21)25-13-4-3-12(23-10-13)9-24-16(26)17(22)6-7-17/h2-5,8,10,22,25H,6-7,9H2,1H3,(H,24,26)/q-1. The number of rotatable bonds is 5. The topological polar surface area (TPSA) is 77.8 Å². The van der Waals surface area contributed by atoms with Crippen LogP contribution in [0.1, 0.15) is 29.7 Å². The number of benzene rings is 1. The minimum Gasteiger partial charge on any atom is -0.664 e. The second-order valence-corrected chi connectivity index (χ2v) is 6.47. The maximum Gasteiger partial charge on any atom is 0.418 e. The Labute approximate surface area is 148 Å². The van der Waals surface area contributed by atoms with Crippen molar-refractivity contribution in [2.75, 3.05) is 5.32 Å². The molecule has 1 fully saturated rings. The van der Waals surface area contributed by atoms with Crippen molar-refractivity contribution < 1.29 is 18.0 Å². The number of pyridine rings is 1. The lowest BCUT2D eigenvalue weighted by Gasteiger charge is -2.17. The van der Waals surface area contributed by atoms with Crippen LogP contribution in [0.2, 0.25) is 0 Å². The van der Waals surface area contributed by atoms with Crippen molar-refractivity contribution in [3.8, 4) is 0 Å². The lowest BCUT2D eigenvalue weighted by molar-refractivity contribution is -0.137. The van der Waals surface area contributed by atoms with Crippen LogP contribution < -0.4 is 10.6 Å². The molecule has 0 radical (unpaired) electrons. The molecule has 3 rings (SSSR count). The predicted octanol–water partition coefficient (Wildman–Crippen LogP) is 4.35. The van der Waals surface area contributed by atoms with Gasteiger partial charge in [-0.05, 0) is 36.7 Å². The number of amides is 1. The smallest absolute Gasteiger partial charge is 0.418 e. The zero-order valence-electron chi connectivity index (χ0n) is 14.1. The summed E-state index contributed by atoms with van der Waals surface area (Å²) in [7, 11) is 0. The van der Waals surface area contributed by atoms with E-state index in [0.29, 0.717) is 29.8 Å². The molecule has 1 aromatic heterocycles. The largest absolute Gasteiger partial charge is 0.664 e. The van der Waals surface area contributed by atoms with E-state index in [1.165, 1.54) is 12.3 Å². The number of alkyl halides is 3. The quantitative estimate of drug-likeness (QED) is 0.829. The van der Waals surface area contributed by atoms with Crippen molar-refractivity contribution >= 4 is 17.3 Å². The Morgan fingerprint density at radius 3 is 2.58 bits per heavy atom. The zero-order chi connectivity index (χ0) is 18.9. The molecule has 2 aromatic rings. The fourth-order valence-corrected chi connectivity index (χ4v) is 2.45. The van der Waals surface area contributed by atoms with Crippen LogP contribution in [0.15, 0.2) is 36.5 Å². The molecule has 1 heterocycles. The third kappa shape index (κ3) is 4.13. The number of hydrogen-bond acceptors (Lipinski definition) is 3. The highest BCUT2D eigenvalue weighted by Gasteiger charge is 2.37. The van der Waals surface area contributed by atoms with Gasteiger partial charge >= 0.3 is 6.18 Å². The van der Waals surface area contributed by atoms with Crippen LogP contribution in [-0.4, -0.2) is 16.4 Å². The van der Waals surface area contributed by atoms with Gasteiger partial charge in [0.25, 0.3) is 0 Å². The molecule has 1 aliphatic carbocycles. The Kier molecular flexibility index (Phi) is 4.62. The van der Waals surface area contributed by atoms with Gasteiger partial charge in [-0.25, -0.2) is 0 Å². The maximum absolute atomic E-state index is 13.2. The highest BCUT2D eigenvalue weighted by Crippen LogP contribution is 2.39. The van der Waals surface area contributed by atoms with Crippen LogP contribution in [0, 0.1) is 6.92 Å². The van der Waals surface area contributed by atoms with Gasteiger partial charge in [-0.2, -0.15) is 13.2 Å². The third-order valence-electron chi connectivity index (χ3n) is 4.20. The Hall–Kier alpha value is -2.61. The lowest BCUT2D eigenvalue weighted by Crippen LogP contribution is -2.33. The van der Waals surface area contributed by atoms with Gasteiger partial charge in [-0.3, -0.25) is 9.78 Å². The number of hydrogen-bond donors (Lipinski definition) is 2. The Bertz CT molecular complexity index is 814. The highest BCUT2D eigenvalue weighted by atomic mass is 19.4. The number of aryl methyl sites for hydroxylation is 1. The maximum atomic E-state index is 13.2. The van der Waals surface area contributed by atoms with Gasteiger partial charge in [0.2, 0.25) is 5.91 Å². The van der Waals surface area contributed by atoms with Crippen LogP contribution in [0.5, 0.6) is 0 Å². The summed E-state index contributed by atoms with van der Waals surface area (Å²) in [6.07, 6.45) is -1.92. The van der Waals surface area contributed by atoms with Gasteiger partial charge in [-0.15, -0.1) is 0 Å². The van der Waals surface area contributed by atoms with Crippen molar-refractivity contribution in [2.45, 2.75) is 38.0 Å². The molecule has 0 bridgehead atoms. The van der Waals surface area contributed by atoms with Crippen LogP contribution in [0.4, 0.5) is 24.5 Å². The van der Waals surface area contributed by atoms with Crippen molar-refractivity contribution in [1.29, 1.82) is 0 Å². The Morgan fingerprint density at radius 2 is 2.00 bits per heavy atom. The first-order chi connectivity index (χ1) is 12.2. The second-order valence-electron chi connectivity index (χ2n) is 6.47. The molecule has 26 heavy (non-hydrogen) atoms. The van der Waals surface area contributed by atoms with Gasteiger partial charge in [0, 0.05) is 0 Å². The average molecular weight is 363 g/mol. The van der Waals surface area contributed by atoms with Crippen LogP contribution in [0.3, 0.4) is 0 Å². The van der Waals surface area contributed by atoms with E-state index in [1.807, 2.05) is 0 Å². The molecule has 1 aromatic carbocycles. The zero-order valence-corrected chi connectivity index (χ0v) is 14.1. The lowest BCUT2D eigenvalue weighted by atomic mass is 10.1. The van der Waals surface area contributed by atoms with Gasteiger partial charge in [0.15, 0.2) is 0 Å². The van der Waals surface area contributed by atoms with Crippen LogP contribution >= 0.6 is 0 Å². The molecule has 5 nitrogen and oxygen atoms in total. The molecule has 1 amide bonds. The summed E-state index contributed by atoms with van der Waals surface area (Å²) in [5.74, 6) is -0.323. The molecule has 1 aliphatic rings. The van der Waals surface area contributed by atoms with Gasteiger partial charge in [0.05, 0.1) is 35.4 Å². The minimum atomic E-state index is -4.46. The highest BCUT2D eigenvalue weighted by molar-refractivity contribution is 5.90. The average Bonchev–Trinajstić information content (AvgIpc) is 3.33. The molecule has 8 heteroatoms. The fourth-order valence-electron chi connectivity index (χ4n) is 2.45. The van der Waals surface area contributed by atoms with Crippen LogP contribution in [0.25, 0.3) is 5.73 Å². The van der Waals surface area contributed by atoms with E-state index in [9.17, 15) is 18.0 Å². The number of halogens is 3. The van der Waals surface area contributed by atoms with E-state index in [0.717, 1.165) is 6.07 Å². The summed E-state index contributed by atoms with van der Waals surface area (Å²) in [4.78, 5) is 15.9. The SMILES string of the molecule is Cc1ccc(Nc2ccc(CNC(=O)C3([NH-])CC3)nc2)c(C(F)(F)F)c1. The number of carbonyl (C=O) groups is 1. The summed E-state index contributed by atoms with van der Waals surface area (Å²) in [5.41, 5.74) is 7.44. The van der Waals surface area contributed by atoms with E-state index >= 15 is 0 Å². The Balaban J connectivity index is 1.67. The summed E-state index contributed by atoms with van der Waals surface area (Å²) in [6.45, 7) is 1.78. The van der Waals surface area contributed by atoms with Crippen molar-refractivity contribution in [3.63, 3.8) is 0 Å². The molecule has 0 saturated heterocycles. The number of carbonyl (C=O) groups excluding carboxylic acids is 1. The first-order valence-corrected chi connectivity index (χ1v) is 8.10. The van der Waals surface area contributed by atoms with Crippen molar-refractivity contribution in [1.82, 2.24) is 10.3 Å². The first-order valence-electron chi connectivity index (χ1n) is 8.10. The number of nitrogens with zero attached hydrogens (tertiary/aromatic N) is 1. The molecule has 0 unspecified atom stereocenters. The molecule has 0 spiro atoms. The minimum absolute atomic E-state index is 0.0455. The summed E-state index contributed by atoms with van der Waals surface area (Å²) >= 11 is 0. The van der Waals surface area contributed by atoms with E-state index < -0.39 is 17.3 Å². The van der Waals surface area contributed by atoms with E-state index in [-0.39, 0.29) is 18.1 Å². The van der Waals surface area contributed by atoms with E-state index in [4.69, 9.17) is 5.73 Å². The van der Waals surface area contributed by atoms with Gasteiger partial charge in [-0.1, -0.05) is 24.5 Å². The normalized spacial score (nSPS) is 15.4.